The summed E-state index contributed by atoms with van der Waals surface area (Å²) in [5, 5.41) is 0. The van der Waals surface area contributed by atoms with E-state index in [2.05, 4.69) is 27.7 Å². The molecule has 0 aromatic rings. The topological polar surface area (TPSA) is 26.0 Å². The molecule has 78 valence electrons. The highest BCUT2D eigenvalue weighted by Gasteiger charge is 2.64. The Hall–Kier alpha value is -0.180. The molecule has 1 aliphatic carbocycles. The quantitative estimate of drug-likeness (QED) is 0.729. The summed E-state index contributed by atoms with van der Waals surface area (Å²) in [4.78, 5) is 0. The molecule has 1 nitrogen and oxygen atoms in total. The van der Waals surface area contributed by atoms with Crippen molar-refractivity contribution in [3.63, 3.8) is 0 Å². The number of rotatable bonds is 3. The fourth-order valence-corrected chi connectivity index (χ4v) is 2.30. The zero-order chi connectivity index (χ0) is 10.4. The van der Waals surface area contributed by atoms with Crippen LogP contribution in [0.1, 0.15) is 34.1 Å². The molecule has 1 saturated carbocycles. The van der Waals surface area contributed by atoms with E-state index in [-0.39, 0.29) is 10.8 Å². The van der Waals surface area contributed by atoms with Crippen LogP contribution in [0.5, 0.6) is 0 Å². The maximum absolute atomic E-state index is 12.2. The lowest BCUT2D eigenvalue weighted by atomic mass is 10.0. The van der Waals surface area contributed by atoms with Crippen molar-refractivity contribution in [3.8, 4) is 0 Å². The van der Waals surface area contributed by atoms with Crippen LogP contribution in [0.15, 0.2) is 0 Å². The molecule has 1 aliphatic rings. The molecule has 0 saturated heterocycles. The van der Waals surface area contributed by atoms with E-state index in [1.165, 1.54) is 0 Å². The average Bonchev–Trinajstić information content (AvgIpc) is 2.32. The Morgan fingerprint density at radius 3 is 1.77 bits per heavy atom. The zero-order valence-electron chi connectivity index (χ0n) is 8.77. The first kappa shape index (κ1) is 10.9. The molecule has 0 spiro atoms. The van der Waals surface area contributed by atoms with Crippen molar-refractivity contribution in [1.29, 1.82) is 0 Å². The molecule has 3 heteroatoms. The Morgan fingerprint density at radius 1 is 1.15 bits per heavy atom. The Bertz CT molecular complexity index is 185. The van der Waals surface area contributed by atoms with Crippen LogP contribution in [-0.2, 0) is 0 Å². The largest absolute Gasteiger partial charge is 0.323 e. The second-order valence-electron chi connectivity index (χ2n) is 5.23. The first-order valence-electron chi connectivity index (χ1n) is 4.75. The van der Waals surface area contributed by atoms with Crippen LogP contribution >= 0.6 is 0 Å². The fraction of sp³-hybridized carbons (Fsp3) is 1.00. The van der Waals surface area contributed by atoms with E-state index in [1.807, 2.05) is 0 Å². The molecule has 1 fully saturated rings. The average molecular weight is 191 g/mol. The molecule has 0 bridgehead atoms. The zero-order valence-corrected chi connectivity index (χ0v) is 8.77. The van der Waals surface area contributed by atoms with E-state index in [0.29, 0.717) is 12.3 Å². The van der Waals surface area contributed by atoms with E-state index < -0.39 is 12.5 Å². The summed E-state index contributed by atoms with van der Waals surface area (Å²) in [5.74, 6) is 0.337. The third-order valence-corrected chi connectivity index (χ3v) is 4.15. The van der Waals surface area contributed by atoms with Crippen molar-refractivity contribution in [2.75, 3.05) is 0 Å². The summed E-state index contributed by atoms with van der Waals surface area (Å²) >= 11 is 0. The molecule has 2 N–H and O–H groups in total. The van der Waals surface area contributed by atoms with Gasteiger partial charge in [0, 0.05) is 0 Å². The third kappa shape index (κ3) is 1.58. The van der Waals surface area contributed by atoms with Gasteiger partial charge in [0.1, 0.15) is 0 Å². The molecular weight excluding hydrogens is 172 g/mol. The molecule has 0 heterocycles. The van der Waals surface area contributed by atoms with Crippen LogP contribution in [0, 0.1) is 16.7 Å². The lowest BCUT2D eigenvalue weighted by Gasteiger charge is -2.10. The minimum absolute atomic E-state index is 0.166. The Balaban J connectivity index is 2.51. The fourth-order valence-electron chi connectivity index (χ4n) is 2.30. The van der Waals surface area contributed by atoms with Gasteiger partial charge in [-0.2, -0.15) is 0 Å². The van der Waals surface area contributed by atoms with Crippen molar-refractivity contribution in [2.24, 2.45) is 22.5 Å². The lowest BCUT2D eigenvalue weighted by Crippen LogP contribution is -2.29. The van der Waals surface area contributed by atoms with E-state index in [9.17, 15) is 8.78 Å². The molecule has 1 unspecified atom stereocenters. The van der Waals surface area contributed by atoms with Gasteiger partial charge in [-0.05, 0) is 23.2 Å². The monoisotopic (exact) mass is 191 g/mol. The molecule has 0 aliphatic heterocycles. The second-order valence-corrected chi connectivity index (χ2v) is 5.23. The number of nitrogens with two attached hydrogens (primary N) is 1. The van der Waals surface area contributed by atoms with Gasteiger partial charge in [-0.25, -0.2) is 8.78 Å². The maximum atomic E-state index is 12.2. The van der Waals surface area contributed by atoms with Gasteiger partial charge < -0.3 is 5.73 Å². The minimum Gasteiger partial charge on any atom is -0.323 e. The summed E-state index contributed by atoms with van der Waals surface area (Å²) in [6.45, 7) is 8.48. The number of alkyl halides is 2. The van der Waals surface area contributed by atoms with Crippen molar-refractivity contribution in [2.45, 2.75) is 46.6 Å². The van der Waals surface area contributed by atoms with Gasteiger partial charge in [-0.1, -0.05) is 27.7 Å². The van der Waals surface area contributed by atoms with Gasteiger partial charge in [-0.15, -0.1) is 0 Å². The van der Waals surface area contributed by atoms with Crippen LogP contribution in [0.3, 0.4) is 0 Å². The van der Waals surface area contributed by atoms with Gasteiger partial charge >= 0.3 is 0 Å². The third-order valence-electron chi connectivity index (χ3n) is 4.15. The summed E-state index contributed by atoms with van der Waals surface area (Å²) in [5.41, 5.74) is 5.68. The molecule has 0 amide bonds. The van der Waals surface area contributed by atoms with Crippen molar-refractivity contribution >= 4 is 0 Å². The first-order valence-corrected chi connectivity index (χ1v) is 4.75. The Labute approximate surface area is 78.7 Å². The van der Waals surface area contributed by atoms with E-state index in [0.717, 1.165) is 0 Å². The van der Waals surface area contributed by atoms with Crippen LogP contribution in [-0.4, -0.2) is 12.5 Å². The maximum Gasteiger partial charge on any atom is 0.253 e. The number of hydrogen-bond acceptors (Lipinski definition) is 1. The minimum atomic E-state index is -2.38. The highest BCUT2D eigenvalue weighted by Crippen LogP contribution is 2.69. The number of halogens is 2. The highest BCUT2D eigenvalue weighted by molar-refractivity contribution is 5.12. The standard InChI is InChI=1S/C10H19F2N/c1-9(2)7(10(9,3)4)5-6(13)8(11)12/h6-8H,5,13H2,1-4H3. The van der Waals surface area contributed by atoms with Crippen LogP contribution in [0.25, 0.3) is 0 Å². The van der Waals surface area contributed by atoms with Crippen molar-refractivity contribution in [1.82, 2.24) is 0 Å². The summed E-state index contributed by atoms with van der Waals surface area (Å²) in [7, 11) is 0. The SMILES string of the molecule is CC1(C)C(CC(N)C(F)F)C1(C)C. The molecule has 0 aromatic heterocycles. The Kier molecular flexibility index (Phi) is 2.44. The van der Waals surface area contributed by atoms with Gasteiger partial charge in [0.05, 0.1) is 6.04 Å². The first-order chi connectivity index (χ1) is 5.71. The number of hydrogen-bond donors (Lipinski definition) is 1. The smallest absolute Gasteiger partial charge is 0.253 e. The van der Waals surface area contributed by atoms with E-state index in [1.54, 1.807) is 0 Å². The lowest BCUT2D eigenvalue weighted by molar-refractivity contribution is 0.107. The van der Waals surface area contributed by atoms with Crippen molar-refractivity contribution < 1.29 is 8.78 Å². The predicted octanol–water partition coefficient (Wildman–Crippen LogP) is 2.65. The van der Waals surface area contributed by atoms with Crippen LogP contribution in [0.4, 0.5) is 8.78 Å². The van der Waals surface area contributed by atoms with Crippen molar-refractivity contribution in [3.05, 3.63) is 0 Å². The molecule has 0 aromatic carbocycles. The summed E-state index contributed by atoms with van der Waals surface area (Å²) in [6.07, 6.45) is -1.94. The molecule has 1 atom stereocenters. The van der Waals surface area contributed by atoms with Gasteiger partial charge in [0.15, 0.2) is 0 Å². The van der Waals surface area contributed by atoms with E-state index in [4.69, 9.17) is 5.73 Å². The van der Waals surface area contributed by atoms with Crippen LogP contribution in [0.2, 0.25) is 0 Å². The summed E-state index contributed by atoms with van der Waals surface area (Å²) < 4.78 is 24.4. The van der Waals surface area contributed by atoms with Gasteiger partial charge in [0.2, 0.25) is 0 Å². The molecule has 0 radical (unpaired) electrons. The Morgan fingerprint density at radius 2 is 1.54 bits per heavy atom. The van der Waals surface area contributed by atoms with Crippen LogP contribution < -0.4 is 5.73 Å². The highest BCUT2D eigenvalue weighted by atomic mass is 19.3. The summed E-state index contributed by atoms with van der Waals surface area (Å²) in [6, 6.07) is -0.953. The predicted molar refractivity (Wildman–Crippen MR) is 49.6 cm³/mol. The van der Waals surface area contributed by atoms with E-state index >= 15 is 0 Å². The normalized spacial score (nSPS) is 27.7. The van der Waals surface area contributed by atoms with Gasteiger partial charge in [0.25, 0.3) is 6.43 Å². The molecule has 1 rings (SSSR count). The molecular formula is C10H19F2N. The molecule has 13 heavy (non-hydrogen) atoms. The second kappa shape index (κ2) is 2.91. The van der Waals surface area contributed by atoms with Gasteiger partial charge in [-0.3, -0.25) is 0 Å².